The third-order valence-electron chi connectivity index (χ3n) is 4.24. The highest BCUT2D eigenvalue weighted by atomic mass is 15.3. The zero-order valence-electron chi connectivity index (χ0n) is 15.3. The number of hydrazone groups is 1. The van der Waals surface area contributed by atoms with Gasteiger partial charge in [-0.3, -0.25) is 5.43 Å². The predicted octanol–water partition coefficient (Wildman–Crippen LogP) is 6.00. The van der Waals surface area contributed by atoms with E-state index in [-0.39, 0.29) is 0 Å². The number of nitrogens with one attached hydrogen (secondary N) is 1. The molecule has 4 heteroatoms. The van der Waals surface area contributed by atoms with Crippen LogP contribution >= 0.6 is 0 Å². The molecule has 0 saturated heterocycles. The van der Waals surface area contributed by atoms with Crippen LogP contribution in [0, 0.1) is 0 Å². The molecule has 1 N–H and O–H groups in total. The fraction of sp³-hybridized carbons (Fsp3) is 0. The van der Waals surface area contributed by atoms with Gasteiger partial charge in [0.25, 0.3) is 0 Å². The molecular formula is C24H20N4. The molecule has 0 aliphatic heterocycles. The summed E-state index contributed by atoms with van der Waals surface area (Å²) in [6.45, 7) is 0. The van der Waals surface area contributed by atoms with Crippen LogP contribution in [-0.2, 0) is 0 Å². The van der Waals surface area contributed by atoms with Gasteiger partial charge < -0.3 is 4.90 Å². The summed E-state index contributed by atoms with van der Waals surface area (Å²) in [5.74, 6) is 0.717. The zero-order valence-corrected chi connectivity index (χ0v) is 15.3. The van der Waals surface area contributed by atoms with E-state index < -0.39 is 0 Å². The standard InChI is InChI=1S/C24H20N4/c1-3-9-21(10-4-1)28(22-11-5-2-6-12-22)23-16-14-20(15-17-23)19-26-27-24-13-7-8-18-25-24/h1-19H,(H,25,27). The van der Waals surface area contributed by atoms with E-state index in [1.165, 1.54) is 0 Å². The van der Waals surface area contributed by atoms with Gasteiger partial charge in [-0.2, -0.15) is 5.10 Å². The molecule has 4 rings (SSSR count). The monoisotopic (exact) mass is 364 g/mol. The van der Waals surface area contributed by atoms with Crippen LogP contribution < -0.4 is 10.3 Å². The minimum absolute atomic E-state index is 0.717. The van der Waals surface area contributed by atoms with Gasteiger partial charge in [-0.25, -0.2) is 4.98 Å². The highest BCUT2D eigenvalue weighted by molar-refractivity contribution is 5.83. The number of rotatable bonds is 6. The molecule has 3 aromatic carbocycles. The first kappa shape index (κ1) is 17.5. The Morgan fingerprint density at radius 1 is 0.643 bits per heavy atom. The van der Waals surface area contributed by atoms with E-state index in [9.17, 15) is 0 Å². The lowest BCUT2D eigenvalue weighted by Crippen LogP contribution is -2.09. The number of hydrogen-bond acceptors (Lipinski definition) is 4. The predicted molar refractivity (Wildman–Crippen MR) is 117 cm³/mol. The second kappa shape index (κ2) is 8.64. The van der Waals surface area contributed by atoms with Crippen LogP contribution in [0.4, 0.5) is 22.9 Å². The molecule has 1 aromatic heterocycles. The van der Waals surface area contributed by atoms with Gasteiger partial charge in [-0.05, 0) is 54.1 Å². The smallest absolute Gasteiger partial charge is 0.146 e. The van der Waals surface area contributed by atoms with Crippen LogP contribution in [0.2, 0.25) is 0 Å². The maximum atomic E-state index is 4.25. The first-order chi connectivity index (χ1) is 13.9. The topological polar surface area (TPSA) is 40.5 Å². The molecule has 0 aliphatic carbocycles. The van der Waals surface area contributed by atoms with Crippen molar-refractivity contribution < 1.29 is 0 Å². The fourth-order valence-corrected chi connectivity index (χ4v) is 2.91. The maximum absolute atomic E-state index is 4.25. The average molecular weight is 364 g/mol. The lowest BCUT2D eigenvalue weighted by Gasteiger charge is -2.25. The minimum Gasteiger partial charge on any atom is -0.311 e. The third-order valence-corrected chi connectivity index (χ3v) is 4.24. The second-order valence-electron chi connectivity index (χ2n) is 6.18. The van der Waals surface area contributed by atoms with Crippen LogP contribution in [0.5, 0.6) is 0 Å². The van der Waals surface area contributed by atoms with Crippen molar-refractivity contribution in [2.75, 3.05) is 10.3 Å². The van der Waals surface area contributed by atoms with Gasteiger partial charge in [-0.1, -0.05) is 54.6 Å². The Morgan fingerprint density at radius 3 is 1.79 bits per heavy atom. The summed E-state index contributed by atoms with van der Waals surface area (Å²) >= 11 is 0. The van der Waals surface area contributed by atoms with Crippen molar-refractivity contribution in [3.63, 3.8) is 0 Å². The molecule has 0 saturated carbocycles. The summed E-state index contributed by atoms with van der Waals surface area (Å²) in [6.07, 6.45) is 3.52. The van der Waals surface area contributed by atoms with Gasteiger partial charge in [0.15, 0.2) is 0 Å². The number of anilines is 4. The highest BCUT2D eigenvalue weighted by Gasteiger charge is 2.11. The number of nitrogens with zero attached hydrogens (tertiary/aromatic N) is 3. The number of pyridine rings is 1. The molecule has 0 radical (unpaired) electrons. The van der Waals surface area contributed by atoms with Crippen molar-refractivity contribution in [3.8, 4) is 0 Å². The highest BCUT2D eigenvalue weighted by Crippen LogP contribution is 2.33. The van der Waals surface area contributed by atoms with Crippen LogP contribution in [0.3, 0.4) is 0 Å². The Morgan fingerprint density at radius 2 is 1.21 bits per heavy atom. The summed E-state index contributed by atoms with van der Waals surface area (Å²) in [7, 11) is 0. The van der Waals surface area contributed by atoms with Crippen LogP contribution in [0.1, 0.15) is 5.56 Å². The molecule has 0 amide bonds. The van der Waals surface area contributed by atoms with Crippen molar-refractivity contribution in [1.82, 2.24) is 4.98 Å². The Kier molecular flexibility index (Phi) is 5.40. The van der Waals surface area contributed by atoms with Crippen molar-refractivity contribution in [2.45, 2.75) is 0 Å². The molecule has 1 heterocycles. The van der Waals surface area contributed by atoms with Gasteiger partial charge >= 0.3 is 0 Å². The van der Waals surface area contributed by atoms with Crippen LogP contribution in [0.25, 0.3) is 0 Å². The molecule has 0 atom stereocenters. The molecule has 4 nitrogen and oxygen atoms in total. The van der Waals surface area contributed by atoms with Crippen molar-refractivity contribution >= 4 is 29.1 Å². The van der Waals surface area contributed by atoms with Crippen LogP contribution in [-0.4, -0.2) is 11.2 Å². The molecule has 0 unspecified atom stereocenters. The lowest BCUT2D eigenvalue weighted by atomic mass is 10.1. The van der Waals surface area contributed by atoms with Gasteiger partial charge in [-0.15, -0.1) is 0 Å². The molecule has 136 valence electrons. The first-order valence-corrected chi connectivity index (χ1v) is 9.10. The molecule has 0 spiro atoms. The van der Waals surface area contributed by atoms with Crippen molar-refractivity contribution in [1.29, 1.82) is 0 Å². The van der Waals surface area contributed by atoms with Gasteiger partial charge in [0.1, 0.15) is 5.82 Å². The Bertz CT molecular complexity index is 975. The van der Waals surface area contributed by atoms with E-state index in [0.29, 0.717) is 0 Å². The first-order valence-electron chi connectivity index (χ1n) is 9.10. The summed E-state index contributed by atoms with van der Waals surface area (Å²) < 4.78 is 0. The quantitative estimate of drug-likeness (QED) is 0.337. The normalized spacial score (nSPS) is 10.7. The Balaban J connectivity index is 1.56. The SMILES string of the molecule is C(=NNc1ccccn1)c1ccc(N(c2ccccc2)c2ccccc2)cc1. The number of para-hydroxylation sites is 2. The van der Waals surface area contributed by atoms with E-state index in [1.807, 2.05) is 30.3 Å². The van der Waals surface area contributed by atoms with Gasteiger partial charge in [0, 0.05) is 23.3 Å². The molecular weight excluding hydrogens is 344 g/mol. The molecule has 0 fully saturated rings. The largest absolute Gasteiger partial charge is 0.311 e. The van der Waals surface area contributed by atoms with Crippen LogP contribution in [0.15, 0.2) is 114 Å². The lowest BCUT2D eigenvalue weighted by molar-refractivity contribution is 1.23. The van der Waals surface area contributed by atoms with E-state index >= 15 is 0 Å². The van der Waals surface area contributed by atoms with Crippen molar-refractivity contribution in [2.24, 2.45) is 5.10 Å². The molecule has 4 aromatic rings. The molecule has 0 aliphatic rings. The number of aromatic nitrogens is 1. The van der Waals surface area contributed by atoms with E-state index in [2.05, 4.69) is 93.2 Å². The third kappa shape index (κ3) is 4.24. The minimum atomic E-state index is 0.717. The van der Waals surface area contributed by atoms with E-state index in [4.69, 9.17) is 0 Å². The Labute approximate surface area is 164 Å². The zero-order chi connectivity index (χ0) is 19.0. The summed E-state index contributed by atoms with van der Waals surface area (Å²) in [6, 6.07) is 34.7. The summed E-state index contributed by atoms with van der Waals surface area (Å²) in [5, 5.41) is 4.25. The number of hydrogen-bond donors (Lipinski definition) is 1. The summed E-state index contributed by atoms with van der Waals surface area (Å²) in [4.78, 5) is 6.41. The fourth-order valence-electron chi connectivity index (χ4n) is 2.91. The molecule has 0 bridgehead atoms. The van der Waals surface area contributed by atoms with Gasteiger partial charge in [0.05, 0.1) is 6.21 Å². The average Bonchev–Trinajstić information content (AvgIpc) is 2.77. The second-order valence-corrected chi connectivity index (χ2v) is 6.18. The molecule has 28 heavy (non-hydrogen) atoms. The number of benzene rings is 3. The van der Waals surface area contributed by atoms with E-state index in [0.717, 1.165) is 28.4 Å². The Hall–Kier alpha value is -3.92. The van der Waals surface area contributed by atoms with Gasteiger partial charge in [0.2, 0.25) is 0 Å². The maximum Gasteiger partial charge on any atom is 0.146 e. The van der Waals surface area contributed by atoms with E-state index in [1.54, 1.807) is 12.4 Å². The van der Waals surface area contributed by atoms with Crippen molar-refractivity contribution in [3.05, 3.63) is 115 Å². The summed E-state index contributed by atoms with van der Waals surface area (Å²) in [5.41, 5.74) is 7.26.